The molecule has 0 spiro atoms. The Morgan fingerprint density at radius 2 is 1.29 bits per heavy atom. The third-order valence-corrected chi connectivity index (χ3v) is 6.67. The Bertz CT molecular complexity index is 1340. The molecule has 0 amide bonds. The third kappa shape index (κ3) is 4.61. The maximum absolute atomic E-state index is 3.79. The summed E-state index contributed by atoms with van der Waals surface area (Å²) in [7, 11) is 0. The van der Waals surface area contributed by atoms with Gasteiger partial charge in [0.25, 0.3) is 0 Å². The molecule has 1 nitrogen and oxygen atoms in total. The highest BCUT2D eigenvalue weighted by Crippen LogP contribution is 2.43. The molecule has 0 aromatic heterocycles. The molecule has 1 aliphatic rings. The molecule has 0 bridgehead atoms. The van der Waals surface area contributed by atoms with Crippen molar-refractivity contribution in [1.82, 2.24) is 0 Å². The molecular formula is C33H31N. The number of benzene rings is 4. The number of anilines is 2. The highest BCUT2D eigenvalue weighted by Gasteiger charge is 2.21. The number of nitrogens with one attached hydrogen (secondary N) is 1. The van der Waals surface area contributed by atoms with Crippen LogP contribution in [0.15, 0.2) is 109 Å². The minimum Gasteiger partial charge on any atom is -0.355 e. The second kappa shape index (κ2) is 9.57. The van der Waals surface area contributed by atoms with Gasteiger partial charge in [0.15, 0.2) is 0 Å². The van der Waals surface area contributed by atoms with Gasteiger partial charge in [-0.05, 0) is 72.7 Å². The van der Waals surface area contributed by atoms with Gasteiger partial charge in [0, 0.05) is 16.8 Å². The van der Waals surface area contributed by atoms with Gasteiger partial charge >= 0.3 is 0 Å². The van der Waals surface area contributed by atoms with Crippen molar-refractivity contribution in [2.75, 3.05) is 5.32 Å². The Hall–Kier alpha value is -3.84. The topological polar surface area (TPSA) is 12.0 Å². The van der Waals surface area contributed by atoms with Gasteiger partial charge in [-0.2, -0.15) is 0 Å². The first-order chi connectivity index (χ1) is 16.6. The van der Waals surface area contributed by atoms with Crippen molar-refractivity contribution in [1.29, 1.82) is 0 Å². The zero-order valence-electron chi connectivity index (χ0n) is 20.2. The molecule has 1 heteroatoms. The Balaban J connectivity index is 1.78. The predicted octanol–water partition coefficient (Wildman–Crippen LogP) is 9.36. The summed E-state index contributed by atoms with van der Waals surface area (Å²) in [6.45, 7) is 6.61. The molecular weight excluding hydrogens is 410 g/mol. The second-order valence-electron chi connectivity index (χ2n) is 9.36. The van der Waals surface area contributed by atoms with Crippen LogP contribution >= 0.6 is 0 Å². The van der Waals surface area contributed by atoms with E-state index in [-0.39, 0.29) is 0 Å². The van der Waals surface area contributed by atoms with Gasteiger partial charge in [-0.3, -0.25) is 0 Å². The largest absolute Gasteiger partial charge is 0.355 e. The zero-order valence-corrected chi connectivity index (χ0v) is 20.2. The summed E-state index contributed by atoms with van der Waals surface area (Å²) in [6.07, 6.45) is 7.82. The van der Waals surface area contributed by atoms with E-state index in [0.29, 0.717) is 5.92 Å². The van der Waals surface area contributed by atoms with Crippen LogP contribution in [0, 0.1) is 19.8 Å². The zero-order chi connectivity index (χ0) is 23.5. The van der Waals surface area contributed by atoms with Gasteiger partial charge < -0.3 is 5.32 Å². The number of aryl methyl sites for hydroxylation is 2. The molecule has 168 valence electrons. The van der Waals surface area contributed by atoms with Gasteiger partial charge in [-0.1, -0.05) is 103 Å². The van der Waals surface area contributed by atoms with E-state index in [0.717, 1.165) is 12.1 Å². The summed E-state index contributed by atoms with van der Waals surface area (Å²) < 4.78 is 0. The summed E-state index contributed by atoms with van der Waals surface area (Å²) in [5, 5.41) is 3.79. The van der Waals surface area contributed by atoms with Gasteiger partial charge in [-0.15, -0.1) is 0 Å². The molecule has 0 fully saturated rings. The molecule has 1 atom stereocenters. The van der Waals surface area contributed by atoms with E-state index in [1.54, 1.807) is 0 Å². The Morgan fingerprint density at radius 1 is 0.676 bits per heavy atom. The third-order valence-electron chi connectivity index (χ3n) is 6.67. The first-order valence-electron chi connectivity index (χ1n) is 12.1. The van der Waals surface area contributed by atoms with Crippen molar-refractivity contribution >= 4 is 16.9 Å². The van der Waals surface area contributed by atoms with E-state index in [2.05, 4.69) is 135 Å². The van der Waals surface area contributed by atoms with Crippen molar-refractivity contribution < 1.29 is 0 Å². The summed E-state index contributed by atoms with van der Waals surface area (Å²) in [5.74, 6) is 0.459. The summed E-state index contributed by atoms with van der Waals surface area (Å²) >= 11 is 0. The second-order valence-corrected chi connectivity index (χ2v) is 9.36. The van der Waals surface area contributed by atoms with Crippen molar-refractivity contribution in [2.24, 2.45) is 5.92 Å². The molecule has 1 aliphatic carbocycles. The van der Waals surface area contributed by atoms with Crippen LogP contribution < -0.4 is 5.32 Å². The quantitative estimate of drug-likeness (QED) is 0.325. The van der Waals surface area contributed by atoms with Crippen molar-refractivity contribution in [3.63, 3.8) is 0 Å². The lowest BCUT2D eigenvalue weighted by Gasteiger charge is -2.25. The van der Waals surface area contributed by atoms with Gasteiger partial charge in [-0.25, -0.2) is 0 Å². The van der Waals surface area contributed by atoms with Crippen molar-refractivity contribution in [3.05, 3.63) is 126 Å². The predicted molar refractivity (Wildman–Crippen MR) is 147 cm³/mol. The number of rotatable bonds is 5. The highest BCUT2D eigenvalue weighted by molar-refractivity contribution is 5.94. The van der Waals surface area contributed by atoms with E-state index in [9.17, 15) is 0 Å². The average molecular weight is 442 g/mol. The lowest BCUT2D eigenvalue weighted by molar-refractivity contribution is 0.759. The highest BCUT2D eigenvalue weighted by atomic mass is 14.9. The van der Waals surface area contributed by atoms with Crippen LogP contribution in [0.25, 0.3) is 27.8 Å². The van der Waals surface area contributed by atoms with Crippen LogP contribution in [-0.2, 0) is 0 Å². The van der Waals surface area contributed by atoms with Crippen LogP contribution in [0.3, 0.4) is 0 Å². The van der Waals surface area contributed by atoms with Crippen LogP contribution in [0.1, 0.15) is 30.0 Å². The first-order valence-corrected chi connectivity index (χ1v) is 12.1. The van der Waals surface area contributed by atoms with Gasteiger partial charge in [0.1, 0.15) is 0 Å². The fourth-order valence-corrected chi connectivity index (χ4v) is 4.64. The van der Waals surface area contributed by atoms with Crippen LogP contribution in [0.4, 0.5) is 11.4 Å². The van der Waals surface area contributed by atoms with Gasteiger partial charge in [0.2, 0.25) is 0 Å². The number of para-hydroxylation sites is 1. The number of allylic oxidation sites excluding steroid dienone is 4. The molecule has 0 aliphatic heterocycles. The van der Waals surface area contributed by atoms with E-state index in [1.165, 1.54) is 50.2 Å². The molecule has 0 radical (unpaired) electrons. The molecule has 0 saturated carbocycles. The lowest BCUT2D eigenvalue weighted by atomic mass is 9.83. The Morgan fingerprint density at radius 3 is 1.94 bits per heavy atom. The van der Waals surface area contributed by atoms with E-state index >= 15 is 0 Å². The maximum Gasteiger partial charge on any atom is 0.0540 e. The van der Waals surface area contributed by atoms with Crippen molar-refractivity contribution in [3.8, 4) is 22.3 Å². The Kier molecular flexibility index (Phi) is 6.18. The lowest BCUT2D eigenvalue weighted by Crippen LogP contribution is -2.06. The molecule has 5 rings (SSSR count). The number of hydrogen-bond donors (Lipinski definition) is 1. The Labute approximate surface area is 203 Å². The number of hydrogen-bond acceptors (Lipinski definition) is 1. The fourth-order valence-electron chi connectivity index (χ4n) is 4.64. The summed E-state index contributed by atoms with van der Waals surface area (Å²) in [5.41, 5.74) is 12.4. The normalized spacial score (nSPS) is 15.1. The van der Waals surface area contributed by atoms with Crippen LogP contribution in [0.5, 0.6) is 0 Å². The standard InChI is InChI=1S/C33H31N/c1-23-13-17-26(18-14-23)28-21-31(27-19-15-24(2)16-20-27)33(34-29-10-5-4-6-11-29)32(22-28)30-12-8-7-9-25(30)3/h4-8,10-22,25,34H,9H2,1-3H3. The average Bonchev–Trinajstić information content (AvgIpc) is 2.86. The molecule has 4 aromatic rings. The molecule has 1 N–H and O–H groups in total. The smallest absolute Gasteiger partial charge is 0.0540 e. The summed E-state index contributed by atoms with van der Waals surface area (Å²) in [4.78, 5) is 0. The van der Waals surface area contributed by atoms with Gasteiger partial charge in [0.05, 0.1) is 5.69 Å². The minimum absolute atomic E-state index is 0.459. The summed E-state index contributed by atoms with van der Waals surface area (Å²) in [6, 6.07) is 32.9. The molecule has 34 heavy (non-hydrogen) atoms. The van der Waals surface area contributed by atoms with E-state index in [4.69, 9.17) is 0 Å². The molecule has 1 unspecified atom stereocenters. The first kappa shape index (κ1) is 22.0. The van der Waals surface area contributed by atoms with Crippen molar-refractivity contribution in [2.45, 2.75) is 27.2 Å². The maximum atomic E-state index is 3.79. The van der Waals surface area contributed by atoms with E-state index in [1.807, 2.05) is 0 Å². The minimum atomic E-state index is 0.459. The SMILES string of the molecule is Cc1ccc(-c2cc(C3=CC=CCC3C)c(Nc3ccccc3)c(-c3ccc(C)cc3)c2)cc1. The fraction of sp³-hybridized carbons (Fsp3) is 0.152. The molecule has 0 heterocycles. The van der Waals surface area contributed by atoms with E-state index < -0.39 is 0 Å². The molecule has 4 aromatic carbocycles. The van der Waals surface area contributed by atoms with Crippen LogP contribution in [-0.4, -0.2) is 0 Å². The van der Waals surface area contributed by atoms with Crippen LogP contribution in [0.2, 0.25) is 0 Å². The monoisotopic (exact) mass is 441 g/mol. The molecule has 0 saturated heterocycles.